The van der Waals surface area contributed by atoms with Gasteiger partial charge in [0.2, 0.25) is 0 Å². The number of fused-ring (bicyclic) bond motifs is 2. The summed E-state index contributed by atoms with van der Waals surface area (Å²) in [5.74, 6) is 0.553. The van der Waals surface area contributed by atoms with Crippen molar-refractivity contribution >= 4 is 11.7 Å². The van der Waals surface area contributed by atoms with Crippen LogP contribution in [0, 0.1) is 11.3 Å². The van der Waals surface area contributed by atoms with Crippen molar-refractivity contribution in [3.8, 4) is 11.8 Å². The molecule has 6 heteroatoms. The van der Waals surface area contributed by atoms with Gasteiger partial charge < -0.3 is 14.2 Å². The third-order valence-corrected chi connectivity index (χ3v) is 5.31. The lowest BCUT2D eigenvalue weighted by molar-refractivity contribution is -0.0342. The summed E-state index contributed by atoms with van der Waals surface area (Å²) in [6.07, 6.45) is 2.39. The number of carbonyl (C=O) groups excluding carboxylic acids is 1. The van der Waals surface area contributed by atoms with Crippen molar-refractivity contribution in [2.24, 2.45) is 0 Å². The molecular formula is C23H22N2O4. The summed E-state index contributed by atoms with van der Waals surface area (Å²) in [6, 6.07) is 17.1. The summed E-state index contributed by atoms with van der Waals surface area (Å²) in [5, 5.41) is 9.19. The van der Waals surface area contributed by atoms with E-state index in [0.717, 1.165) is 16.7 Å². The molecule has 2 atom stereocenters. The van der Waals surface area contributed by atoms with Crippen LogP contribution in [0.3, 0.4) is 0 Å². The molecule has 29 heavy (non-hydrogen) atoms. The maximum absolute atomic E-state index is 12.8. The first-order valence-electron chi connectivity index (χ1n) is 9.55. The molecule has 4 rings (SSSR count). The van der Waals surface area contributed by atoms with Crippen LogP contribution in [0.15, 0.2) is 54.6 Å². The van der Waals surface area contributed by atoms with Crippen molar-refractivity contribution in [1.29, 1.82) is 5.26 Å². The van der Waals surface area contributed by atoms with Crippen LogP contribution in [0.1, 0.15) is 23.1 Å². The fraction of sp³-hybridized carbons (Fsp3) is 0.304. The topological polar surface area (TPSA) is 71.8 Å². The van der Waals surface area contributed by atoms with Gasteiger partial charge in [0, 0.05) is 0 Å². The van der Waals surface area contributed by atoms with Crippen LogP contribution in [0.4, 0.5) is 4.79 Å². The first kappa shape index (κ1) is 19.0. The molecule has 0 radical (unpaired) electrons. The van der Waals surface area contributed by atoms with Crippen molar-refractivity contribution in [3.63, 3.8) is 0 Å². The van der Waals surface area contributed by atoms with Gasteiger partial charge in [-0.3, -0.25) is 4.90 Å². The van der Waals surface area contributed by atoms with E-state index in [1.54, 1.807) is 18.1 Å². The van der Waals surface area contributed by atoms with Crippen molar-refractivity contribution < 1.29 is 19.0 Å². The molecule has 1 amide bonds. The third kappa shape index (κ3) is 3.96. The van der Waals surface area contributed by atoms with Crippen molar-refractivity contribution in [1.82, 2.24) is 4.90 Å². The van der Waals surface area contributed by atoms with Crippen LogP contribution in [0.25, 0.3) is 5.57 Å². The second-order valence-electron chi connectivity index (χ2n) is 7.13. The van der Waals surface area contributed by atoms with Crippen LogP contribution in [-0.2, 0) is 16.1 Å². The van der Waals surface area contributed by atoms with Crippen molar-refractivity contribution in [2.45, 2.75) is 25.1 Å². The summed E-state index contributed by atoms with van der Waals surface area (Å²) in [6.45, 7) is 1.16. The summed E-state index contributed by atoms with van der Waals surface area (Å²) in [5.41, 5.74) is 3.58. The lowest BCUT2D eigenvalue weighted by Crippen LogP contribution is -2.56. The number of benzene rings is 2. The standard InChI is InChI=1S/C23H22N2O4/c1-27-22-11-17(7-8-18(22)12-24)19-9-20-14-28-15-21(10-19)25(20)23(26)29-13-16-5-3-2-4-6-16/h2-9,11,20-21H,10,13-15H2,1H3. The molecule has 2 aliphatic rings. The molecular weight excluding hydrogens is 368 g/mol. The second kappa shape index (κ2) is 8.38. The molecule has 2 bridgehead atoms. The van der Waals surface area contributed by atoms with Crippen molar-refractivity contribution in [2.75, 3.05) is 20.3 Å². The van der Waals surface area contributed by atoms with Gasteiger partial charge >= 0.3 is 6.09 Å². The molecule has 2 aromatic carbocycles. The lowest BCUT2D eigenvalue weighted by Gasteiger charge is -2.43. The number of hydrogen-bond acceptors (Lipinski definition) is 5. The Labute approximate surface area is 169 Å². The number of amides is 1. The van der Waals surface area contributed by atoms with Crippen LogP contribution >= 0.6 is 0 Å². The number of ether oxygens (including phenoxy) is 3. The smallest absolute Gasteiger partial charge is 0.411 e. The maximum atomic E-state index is 12.8. The van der Waals surface area contributed by atoms with Gasteiger partial charge in [-0.05, 0) is 35.3 Å². The number of rotatable bonds is 4. The number of nitriles is 1. The van der Waals surface area contributed by atoms with E-state index in [-0.39, 0.29) is 24.8 Å². The van der Waals surface area contributed by atoms with Gasteiger partial charge in [-0.15, -0.1) is 0 Å². The molecule has 2 aliphatic heterocycles. The summed E-state index contributed by atoms with van der Waals surface area (Å²) in [4.78, 5) is 14.6. The molecule has 0 aliphatic carbocycles. The Kier molecular flexibility index (Phi) is 5.50. The molecule has 1 fully saturated rings. The summed E-state index contributed by atoms with van der Waals surface area (Å²) in [7, 11) is 1.56. The monoisotopic (exact) mass is 390 g/mol. The Morgan fingerprint density at radius 2 is 2.07 bits per heavy atom. The zero-order valence-electron chi connectivity index (χ0n) is 16.2. The highest BCUT2D eigenvalue weighted by molar-refractivity contribution is 5.75. The Balaban J connectivity index is 1.53. The molecule has 0 N–H and O–H groups in total. The van der Waals surface area contributed by atoms with Crippen LogP contribution in [-0.4, -0.2) is 43.4 Å². The molecule has 2 heterocycles. The molecule has 0 saturated carbocycles. The zero-order chi connectivity index (χ0) is 20.2. The number of hydrogen-bond donors (Lipinski definition) is 0. The molecule has 2 aromatic rings. The predicted molar refractivity (Wildman–Crippen MR) is 107 cm³/mol. The highest BCUT2D eigenvalue weighted by Gasteiger charge is 2.39. The third-order valence-electron chi connectivity index (χ3n) is 5.31. The van der Waals surface area contributed by atoms with Crippen molar-refractivity contribution in [3.05, 3.63) is 71.3 Å². The van der Waals surface area contributed by atoms with E-state index in [1.807, 2.05) is 42.5 Å². The number of methoxy groups -OCH3 is 1. The van der Waals surface area contributed by atoms with Crippen LogP contribution in [0.5, 0.6) is 5.75 Å². The Hall–Kier alpha value is -3.30. The average molecular weight is 390 g/mol. The molecule has 0 spiro atoms. The fourth-order valence-corrected chi connectivity index (χ4v) is 3.87. The molecule has 148 valence electrons. The van der Waals surface area contributed by atoms with Gasteiger partial charge in [0.1, 0.15) is 18.4 Å². The van der Waals surface area contributed by atoms with Gasteiger partial charge in [0.05, 0.1) is 38.0 Å². The highest BCUT2D eigenvalue weighted by atomic mass is 16.6. The summed E-state index contributed by atoms with van der Waals surface area (Å²) >= 11 is 0. The van der Waals surface area contributed by atoms with Gasteiger partial charge in [-0.2, -0.15) is 5.26 Å². The SMILES string of the molecule is COc1cc(C2=CC3COCC(C2)N3C(=O)OCc2ccccc2)ccc1C#N. The second-order valence-corrected chi connectivity index (χ2v) is 7.13. The minimum absolute atomic E-state index is 0.0846. The first-order chi connectivity index (χ1) is 14.2. The predicted octanol–water partition coefficient (Wildman–Crippen LogP) is 3.76. The van der Waals surface area contributed by atoms with E-state index in [0.29, 0.717) is 30.9 Å². The Morgan fingerprint density at radius 1 is 1.24 bits per heavy atom. The first-order valence-corrected chi connectivity index (χ1v) is 9.55. The quantitative estimate of drug-likeness (QED) is 0.795. The lowest BCUT2D eigenvalue weighted by atomic mass is 9.89. The van der Waals surface area contributed by atoms with E-state index < -0.39 is 0 Å². The molecule has 1 saturated heterocycles. The average Bonchev–Trinajstić information content (AvgIpc) is 2.76. The van der Waals surface area contributed by atoms with E-state index in [4.69, 9.17) is 14.2 Å². The number of carbonyl (C=O) groups is 1. The fourth-order valence-electron chi connectivity index (χ4n) is 3.87. The number of nitrogens with zero attached hydrogens (tertiary/aromatic N) is 2. The van der Waals surface area contributed by atoms with Crippen LogP contribution in [0.2, 0.25) is 0 Å². The van der Waals surface area contributed by atoms with E-state index in [2.05, 4.69) is 12.1 Å². The normalized spacial score (nSPS) is 20.4. The Morgan fingerprint density at radius 3 is 2.79 bits per heavy atom. The van der Waals surface area contributed by atoms with Gasteiger partial charge in [-0.25, -0.2) is 4.79 Å². The van der Waals surface area contributed by atoms with E-state index in [1.165, 1.54) is 0 Å². The zero-order valence-corrected chi connectivity index (χ0v) is 16.2. The maximum Gasteiger partial charge on any atom is 0.411 e. The van der Waals surface area contributed by atoms with Gasteiger partial charge in [0.15, 0.2) is 0 Å². The minimum Gasteiger partial charge on any atom is -0.495 e. The molecule has 0 aromatic heterocycles. The van der Waals surface area contributed by atoms with E-state index >= 15 is 0 Å². The summed E-state index contributed by atoms with van der Waals surface area (Å²) < 4.78 is 16.6. The van der Waals surface area contributed by atoms with Gasteiger partial charge in [0.25, 0.3) is 0 Å². The Bertz CT molecular complexity index is 965. The molecule has 2 unspecified atom stereocenters. The highest BCUT2D eigenvalue weighted by Crippen LogP contribution is 2.35. The largest absolute Gasteiger partial charge is 0.495 e. The van der Waals surface area contributed by atoms with Crippen LogP contribution < -0.4 is 4.74 Å². The minimum atomic E-state index is -0.320. The van der Waals surface area contributed by atoms with E-state index in [9.17, 15) is 10.1 Å². The number of morpholine rings is 1. The molecule has 6 nitrogen and oxygen atoms in total. The van der Waals surface area contributed by atoms with Gasteiger partial charge in [-0.1, -0.05) is 42.5 Å².